The van der Waals surface area contributed by atoms with E-state index in [4.69, 9.17) is 0 Å². The lowest BCUT2D eigenvalue weighted by atomic mass is 9.94. The summed E-state index contributed by atoms with van der Waals surface area (Å²) in [6, 6.07) is 8.10. The normalized spacial score (nSPS) is 20.9. The van der Waals surface area contributed by atoms with Crippen molar-refractivity contribution < 1.29 is 9.28 Å². The van der Waals surface area contributed by atoms with Gasteiger partial charge in [-0.2, -0.15) is 0 Å². The monoisotopic (exact) mass is 232 g/mol. The molecule has 92 valence electrons. The minimum atomic E-state index is 0.193. The summed E-state index contributed by atoms with van der Waals surface area (Å²) in [5.74, 6) is 0.546. The third kappa shape index (κ3) is 2.95. The van der Waals surface area contributed by atoms with Crippen LogP contribution in [0.4, 0.5) is 0 Å². The van der Waals surface area contributed by atoms with Crippen molar-refractivity contribution in [3.05, 3.63) is 35.4 Å². The van der Waals surface area contributed by atoms with Gasteiger partial charge in [0.05, 0.1) is 33.6 Å². The van der Waals surface area contributed by atoms with Gasteiger partial charge in [-0.25, -0.2) is 0 Å². The van der Waals surface area contributed by atoms with E-state index in [9.17, 15) is 4.79 Å². The Kier molecular flexibility index (Phi) is 3.34. The Morgan fingerprint density at radius 2 is 1.94 bits per heavy atom. The lowest BCUT2D eigenvalue weighted by molar-refractivity contribution is -0.872. The van der Waals surface area contributed by atoms with E-state index in [-0.39, 0.29) is 5.92 Å². The number of hydrogen-bond donors (Lipinski definition) is 0. The van der Waals surface area contributed by atoms with Crippen LogP contribution in [-0.2, 0) is 6.42 Å². The third-order valence-corrected chi connectivity index (χ3v) is 3.42. The average molecular weight is 232 g/mol. The van der Waals surface area contributed by atoms with E-state index >= 15 is 0 Å². The molecule has 0 amide bonds. The molecule has 1 aromatic carbocycles. The number of fused-ring (bicyclic) bond motifs is 1. The molecule has 0 N–H and O–H groups in total. The van der Waals surface area contributed by atoms with E-state index in [1.165, 1.54) is 5.56 Å². The second-order valence-electron chi connectivity index (χ2n) is 6.08. The molecule has 2 heteroatoms. The molecule has 0 aliphatic heterocycles. The Labute approximate surface area is 104 Å². The second-order valence-corrected chi connectivity index (χ2v) is 6.08. The first-order chi connectivity index (χ1) is 7.97. The molecule has 0 aromatic heterocycles. The van der Waals surface area contributed by atoms with Gasteiger partial charge >= 0.3 is 0 Å². The highest BCUT2D eigenvalue weighted by atomic mass is 16.1. The number of hydrogen-bond acceptors (Lipinski definition) is 1. The lowest BCUT2D eigenvalue weighted by Crippen LogP contribution is -2.41. The summed E-state index contributed by atoms with van der Waals surface area (Å²) in [5.41, 5.74) is 2.20. The minimum Gasteiger partial charge on any atom is -0.330 e. The predicted octanol–water partition coefficient (Wildman–Crippen LogP) is 2.53. The van der Waals surface area contributed by atoms with Gasteiger partial charge in [0.15, 0.2) is 5.78 Å². The van der Waals surface area contributed by atoms with Crippen LogP contribution >= 0.6 is 0 Å². The topological polar surface area (TPSA) is 17.1 Å². The van der Waals surface area contributed by atoms with Crippen molar-refractivity contribution in [2.45, 2.75) is 19.3 Å². The van der Waals surface area contributed by atoms with Crippen molar-refractivity contribution in [1.82, 2.24) is 0 Å². The summed E-state index contributed by atoms with van der Waals surface area (Å²) in [6.07, 6.45) is 3.21. The quantitative estimate of drug-likeness (QED) is 0.565. The molecular weight excluding hydrogens is 210 g/mol. The number of rotatable bonds is 2. The largest absolute Gasteiger partial charge is 0.330 e. The zero-order valence-corrected chi connectivity index (χ0v) is 11.1. The Balaban J connectivity index is 2.26. The van der Waals surface area contributed by atoms with Crippen LogP contribution in [0, 0.1) is 5.92 Å². The summed E-state index contributed by atoms with van der Waals surface area (Å²) < 4.78 is 0.860. The molecule has 0 fully saturated rings. The van der Waals surface area contributed by atoms with Crippen LogP contribution in [0.2, 0.25) is 0 Å². The van der Waals surface area contributed by atoms with Crippen molar-refractivity contribution in [1.29, 1.82) is 0 Å². The van der Waals surface area contributed by atoms with Gasteiger partial charge in [0.1, 0.15) is 0 Å². The SMILES string of the molecule is C[N+](C)(C)C[C@H]1CCCc2ccccc2C1=O. The number of carbonyl (C=O) groups excluding carboxylic acids is 1. The molecule has 0 bridgehead atoms. The summed E-state index contributed by atoms with van der Waals surface area (Å²) in [6.45, 7) is 0.938. The predicted molar refractivity (Wildman–Crippen MR) is 70.1 cm³/mol. The van der Waals surface area contributed by atoms with Crippen molar-refractivity contribution in [3.63, 3.8) is 0 Å². The van der Waals surface area contributed by atoms with Gasteiger partial charge < -0.3 is 4.48 Å². The fourth-order valence-electron chi connectivity index (χ4n) is 2.70. The average Bonchev–Trinajstić information content (AvgIpc) is 2.39. The smallest absolute Gasteiger partial charge is 0.171 e. The van der Waals surface area contributed by atoms with Gasteiger partial charge in [-0.05, 0) is 24.8 Å². The van der Waals surface area contributed by atoms with Gasteiger partial charge in [0, 0.05) is 5.56 Å². The van der Waals surface area contributed by atoms with Crippen molar-refractivity contribution in [3.8, 4) is 0 Å². The van der Waals surface area contributed by atoms with Crippen LogP contribution in [-0.4, -0.2) is 38.0 Å². The van der Waals surface area contributed by atoms with Crippen molar-refractivity contribution >= 4 is 5.78 Å². The first kappa shape index (κ1) is 12.3. The maximum absolute atomic E-state index is 12.5. The standard InChI is InChI=1S/C15H22NO/c1-16(2,3)11-13-9-6-8-12-7-4-5-10-14(12)15(13)17/h4-5,7,10,13H,6,8-9,11H2,1-3H3/q+1/t13-/m1/s1. The van der Waals surface area contributed by atoms with Crippen LogP contribution < -0.4 is 0 Å². The fourth-order valence-corrected chi connectivity index (χ4v) is 2.70. The highest BCUT2D eigenvalue weighted by Crippen LogP contribution is 2.25. The molecule has 0 unspecified atom stereocenters. The van der Waals surface area contributed by atoms with Gasteiger partial charge in [-0.15, -0.1) is 0 Å². The molecule has 2 nitrogen and oxygen atoms in total. The lowest BCUT2D eigenvalue weighted by Gasteiger charge is -2.28. The molecule has 1 aromatic rings. The second kappa shape index (κ2) is 4.61. The highest BCUT2D eigenvalue weighted by Gasteiger charge is 2.29. The number of quaternary nitrogens is 1. The number of benzene rings is 1. The number of ketones is 1. The van der Waals surface area contributed by atoms with E-state index in [0.29, 0.717) is 5.78 Å². The van der Waals surface area contributed by atoms with Crippen LogP contribution in [0.25, 0.3) is 0 Å². The minimum absolute atomic E-state index is 0.193. The Bertz CT molecular complexity index is 417. The van der Waals surface area contributed by atoms with E-state index in [1.54, 1.807) is 0 Å². The van der Waals surface area contributed by atoms with Crippen LogP contribution in [0.3, 0.4) is 0 Å². The Morgan fingerprint density at radius 1 is 1.24 bits per heavy atom. The van der Waals surface area contributed by atoms with Gasteiger partial charge in [-0.3, -0.25) is 4.79 Å². The van der Waals surface area contributed by atoms with Crippen molar-refractivity contribution in [2.75, 3.05) is 27.7 Å². The van der Waals surface area contributed by atoms with Gasteiger partial charge in [0.2, 0.25) is 0 Å². The molecule has 2 rings (SSSR count). The molecule has 17 heavy (non-hydrogen) atoms. The number of nitrogens with zero attached hydrogens (tertiary/aromatic N) is 1. The molecular formula is C15H22NO+. The summed E-state index contributed by atoms with van der Waals surface area (Å²) in [4.78, 5) is 12.5. The molecule has 0 heterocycles. The molecule has 0 radical (unpaired) electrons. The van der Waals surface area contributed by atoms with Gasteiger partial charge in [-0.1, -0.05) is 24.3 Å². The van der Waals surface area contributed by atoms with E-state index < -0.39 is 0 Å². The Hall–Kier alpha value is -1.15. The molecule has 1 aliphatic carbocycles. The third-order valence-electron chi connectivity index (χ3n) is 3.42. The van der Waals surface area contributed by atoms with E-state index in [1.807, 2.05) is 18.2 Å². The zero-order valence-electron chi connectivity index (χ0n) is 11.1. The highest BCUT2D eigenvalue weighted by molar-refractivity contribution is 5.99. The van der Waals surface area contributed by atoms with Crippen LogP contribution in [0.1, 0.15) is 28.8 Å². The van der Waals surface area contributed by atoms with Crippen molar-refractivity contribution in [2.24, 2.45) is 5.92 Å². The van der Waals surface area contributed by atoms with Crippen LogP contribution in [0.15, 0.2) is 24.3 Å². The number of carbonyl (C=O) groups is 1. The number of aryl methyl sites for hydroxylation is 1. The summed E-state index contributed by atoms with van der Waals surface area (Å²) in [5, 5.41) is 0. The fraction of sp³-hybridized carbons (Fsp3) is 0.533. The first-order valence-corrected chi connectivity index (χ1v) is 6.40. The summed E-state index contributed by atoms with van der Waals surface area (Å²) >= 11 is 0. The first-order valence-electron chi connectivity index (χ1n) is 6.40. The molecule has 0 saturated heterocycles. The Morgan fingerprint density at radius 3 is 2.65 bits per heavy atom. The van der Waals surface area contributed by atoms with E-state index in [0.717, 1.165) is 35.9 Å². The molecule has 1 aliphatic rings. The summed E-state index contributed by atoms with van der Waals surface area (Å²) in [7, 11) is 6.47. The van der Waals surface area contributed by atoms with E-state index in [2.05, 4.69) is 27.2 Å². The molecule has 1 atom stereocenters. The maximum Gasteiger partial charge on any atom is 0.171 e. The van der Waals surface area contributed by atoms with Gasteiger partial charge in [0.25, 0.3) is 0 Å². The molecule has 0 saturated carbocycles. The zero-order chi connectivity index (χ0) is 12.5. The number of Topliss-reactive ketones (excluding diaryl/α,β-unsaturated/α-hetero) is 1. The van der Waals surface area contributed by atoms with Crippen LogP contribution in [0.5, 0.6) is 0 Å². The maximum atomic E-state index is 12.5. The molecule has 0 spiro atoms.